The van der Waals surface area contributed by atoms with Gasteiger partial charge >= 0.3 is 5.97 Å². The molecule has 1 aliphatic rings. The van der Waals surface area contributed by atoms with Crippen molar-refractivity contribution in [1.29, 1.82) is 0 Å². The Morgan fingerprint density at radius 1 is 0.969 bits per heavy atom. The Hall–Kier alpha value is -3.91. The number of nitrogens with zero attached hydrogens (tertiary/aromatic N) is 1. The molecule has 8 heteroatoms. The summed E-state index contributed by atoms with van der Waals surface area (Å²) in [5, 5.41) is 18.4. The Morgan fingerprint density at radius 2 is 1.62 bits per heavy atom. The predicted octanol–water partition coefficient (Wildman–Crippen LogP) is 5.13. The third-order valence-corrected chi connectivity index (χ3v) is 5.80. The summed E-state index contributed by atoms with van der Waals surface area (Å²) in [7, 11) is 0. The standard InChI is InChI=1S/C24H16FNO5S/c25-18-8-3-15(4-9-18)13-26-22(28)21(32-24(26)31)11-14-1-5-16(6-2-14)17-7-10-20(27)19(12-17)23(29)30/h1-12,27H,13H2,(H,29,30)/b21-11-. The molecule has 0 atom stereocenters. The number of benzene rings is 3. The van der Waals surface area contributed by atoms with Crippen LogP contribution in [0.25, 0.3) is 17.2 Å². The number of aromatic carboxylic acids is 1. The third kappa shape index (κ3) is 4.40. The molecule has 1 saturated heterocycles. The van der Waals surface area contributed by atoms with Gasteiger partial charge in [0.05, 0.1) is 11.4 Å². The Labute approximate surface area is 186 Å². The quantitative estimate of drug-likeness (QED) is 0.524. The van der Waals surface area contributed by atoms with Gasteiger partial charge in [-0.15, -0.1) is 0 Å². The molecule has 1 heterocycles. The van der Waals surface area contributed by atoms with Crippen molar-refractivity contribution in [3.8, 4) is 16.9 Å². The number of carbonyl (C=O) groups is 3. The third-order valence-electron chi connectivity index (χ3n) is 4.90. The maximum absolute atomic E-state index is 13.1. The molecule has 6 nitrogen and oxygen atoms in total. The van der Waals surface area contributed by atoms with E-state index in [2.05, 4.69) is 0 Å². The number of carboxylic acids is 1. The molecular weight excluding hydrogens is 433 g/mol. The summed E-state index contributed by atoms with van der Waals surface area (Å²) in [6.45, 7) is 0.0635. The average molecular weight is 449 g/mol. The minimum Gasteiger partial charge on any atom is -0.507 e. The van der Waals surface area contributed by atoms with Crippen molar-refractivity contribution in [2.45, 2.75) is 6.54 Å². The van der Waals surface area contributed by atoms with E-state index in [9.17, 15) is 23.9 Å². The maximum atomic E-state index is 13.1. The van der Waals surface area contributed by atoms with Crippen molar-refractivity contribution >= 4 is 35.0 Å². The zero-order valence-corrected chi connectivity index (χ0v) is 17.3. The predicted molar refractivity (Wildman–Crippen MR) is 118 cm³/mol. The lowest BCUT2D eigenvalue weighted by Gasteiger charge is -2.12. The monoisotopic (exact) mass is 449 g/mol. The first kappa shape index (κ1) is 21.3. The second kappa shape index (κ2) is 8.68. The van der Waals surface area contributed by atoms with Crippen LogP contribution in [0.15, 0.2) is 71.6 Å². The van der Waals surface area contributed by atoms with Gasteiger partial charge in [-0.1, -0.05) is 42.5 Å². The molecule has 0 aliphatic carbocycles. The van der Waals surface area contributed by atoms with Crippen LogP contribution in [0.5, 0.6) is 5.75 Å². The fourth-order valence-corrected chi connectivity index (χ4v) is 4.06. The van der Waals surface area contributed by atoms with Gasteiger partial charge in [0.25, 0.3) is 11.1 Å². The summed E-state index contributed by atoms with van der Waals surface area (Å²) >= 11 is 0.838. The Bertz CT molecular complexity index is 1250. The van der Waals surface area contributed by atoms with Gasteiger partial charge in [-0.25, -0.2) is 9.18 Å². The van der Waals surface area contributed by atoms with Gasteiger partial charge in [0, 0.05) is 0 Å². The second-order valence-electron chi connectivity index (χ2n) is 7.05. The van der Waals surface area contributed by atoms with Gasteiger partial charge in [-0.05, 0) is 64.4 Å². The number of aromatic hydroxyl groups is 1. The lowest BCUT2D eigenvalue weighted by atomic mass is 10.0. The zero-order valence-electron chi connectivity index (χ0n) is 16.5. The fourth-order valence-electron chi connectivity index (χ4n) is 3.22. The highest BCUT2D eigenvalue weighted by atomic mass is 32.2. The second-order valence-corrected chi connectivity index (χ2v) is 8.05. The molecule has 1 fully saturated rings. The number of imide groups is 1. The smallest absolute Gasteiger partial charge is 0.339 e. The van der Waals surface area contributed by atoms with Crippen LogP contribution in [0.2, 0.25) is 0 Å². The normalized spacial score (nSPS) is 14.9. The molecule has 32 heavy (non-hydrogen) atoms. The summed E-state index contributed by atoms with van der Waals surface area (Å²) in [6.07, 6.45) is 1.61. The van der Waals surface area contributed by atoms with Crippen LogP contribution in [0.4, 0.5) is 9.18 Å². The molecule has 3 aromatic rings. The Balaban J connectivity index is 1.52. The number of hydrogen-bond acceptors (Lipinski definition) is 5. The van der Waals surface area contributed by atoms with Crippen molar-refractivity contribution in [1.82, 2.24) is 4.90 Å². The number of phenols is 1. The molecule has 3 aromatic carbocycles. The lowest BCUT2D eigenvalue weighted by molar-refractivity contribution is -0.123. The molecule has 160 valence electrons. The van der Waals surface area contributed by atoms with Gasteiger partial charge < -0.3 is 10.2 Å². The lowest BCUT2D eigenvalue weighted by Crippen LogP contribution is -2.27. The summed E-state index contributed by atoms with van der Waals surface area (Å²) in [5.41, 5.74) is 2.49. The van der Waals surface area contributed by atoms with E-state index in [1.807, 2.05) is 0 Å². The van der Waals surface area contributed by atoms with E-state index in [0.29, 0.717) is 16.7 Å². The maximum Gasteiger partial charge on any atom is 0.339 e. The molecular formula is C24H16FNO5S. The van der Waals surface area contributed by atoms with Gasteiger partial charge in [-0.3, -0.25) is 14.5 Å². The molecule has 0 radical (unpaired) electrons. The topological polar surface area (TPSA) is 94.9 Å². The van der Waals surface area contributed by atoms with Crippen LogP contribution in [0, 0.1) is 5.82 Å². The van der Waals surface area contributed by atoms with Crippen LogP contribution >= 0.6 is 11.8 Å². The van der Waals surface area contributed by atoms with Crippen LogP contribution in [0.1, 0.15) is 21.5 Å². The van der Waals surface area contributed by atoms with Crippen molar-refractivity contribution in [2.24, 2.45) is 0 Å². The zero-order chi connectivity index (χ0) is 22.8. The van der Waals surface area contributed by atoms with Crippen molar-refractivity contribution in [2.75, 3.05) is 0 Å². The largest absolute Gasteiger partial charge is 0.507 e. The van der Waals surface area contributed by atoms with Gasteiger partial charge in [0.15, 0.2) is 0 Å². The summed E-state index contributed by atoms with van der Waals surface area (Å²) < 4.78 is 13.1. The number of amides is 2. The molecule has 1 aliphatic heterocycles. The highest BCUT2D eigenvalue weighted by Gasteiger charge is 2.34. The van der Waals surface area contributed by atoms with Gasteiger partial charge in [0.2, 0.25) is 0 Å². The SMILES string of the molecule is O=C(O)c1cc(-c2ccc(/C=C3\SC(=O)N(Cc4ccc(F)cc4)C3=O)cc2)ccc1O. The summed E-state index contributed by atoms with van der Waals surface area (Å²) in [5.74, 6) is -2.35. The van der Waals surface area contributed by atoms with E-state index >= 15 is 0 Å². The van der Waals surface area contributed by atoms with Gasteiger partial charge in [-0.2, -0.15) is 0 Å². The van der Waals surface area contributed by atoms with Crippen LogP contribution in [-0.2, 0) is 11.3 Å². The molecule has 2 amide bonds. The van der Waals surface area contributed by atoms with Crippen LogP contribution in [0.3, 0.4) is 0 Å². The van der Waals surface area contributed by atoms with E-state index in [-0.39, 0.29) is 22.8 Å². The summed E-state index contributed by atoms with van der Waals surface area (Å²) in [4.78, 5) is 37.6. The van der Waals surface area contributed by atoms with E-state index in [4.69, 9.17) is 5.11 Å². The Morgan fingerprint density at radius 3 is 2.28 bits per heavy atom. The molecule has 0 aromatic heterocycles. The highest BCUT2D eigenvalue weighted by Crippen LogP contribution is 2.34. The number of thioether (sulfide) groups is 1. The van der Waals surface area contributed by atoms with Crippen LogP contribution < -0.4 is 0 Å². The molecule has 4 rings (SSSR count). The molecule has 0 spiro atoms. The first-order valence-electron chi connectivity index (χ1n) is 9.48. The number of halogens is 1. The van der Waals surface area contributed by atoms with Crippen molar-refractivity contribution < 1.29 is 29.0 Å². The molecule has 0 bridgehead atoms. The first-order valence-corrected chi connectivity index (χ1v) is 10.3. The van der Waals surface area contributed by atoms with E-state index in [0.717, 1.165) is 22.2 Å². The minimum absolute atomic E-state index is 0.0635. The number of carbonyl (C=O) groups excluding carboxylic acids is 2. The summed E-state index contributed by atoms with van der Waals surface area (Å²) in [6, 6.07) is 16.9. The van der Waals surface area contributed by atoms with Crippen LogP contribution in [-0.4, -0.2) is 32.2 Å². The van der Waals surface area contributed by atoms with Crippen molar-refractivity contribution in [3.05, 3.63) is 94.1 Å². The average Bonchev–Trinajstić information content (AvgIpc) is 3.03. The number of rotatable bonds is 5. The van der Waals surface area contributed by atoms with E-state index < -0.39 is 22.9 Å². The number of carboxylic acid groups (broad SMARTS) is 1. The fraction of sp³-hybridized carbons (Fsp3) is 0.0417. The first-order chi connectivity index (χ1) is 15.3. The molecule has 0 unspecified atom stereocenters. The van der Waals surface area contributed by atoms with E-state index in [1.54, 1.807) is 36.4 Å². The van der Waals surface area contributed by atoms with E-state index in [1.165, 1.54) is 36.4 Å². The molecule has 2 N–H and O–H groups in total. The molecule has 0 saturated carbocycles. The number of hydrogen-bond donors (Lipinski definition) is 2. The minimum atomic E-state index is -1.22. The van der Waals surface area contributed by atoms with Gasteiger partial charge in [0.1, 0.15) is 17.1 Å². The highest BCUT2D eigenvalue weighted by molar-refractivity contribution is 8.18. The van der Waals surface area contributed by atoms with Crippen molar-refractivity contribution in [3.63, 3.8) is 0 Å². The Kier molecular flexibility index (Phi) is 5.79.